The lowest BCUT2D eigenvalue weighted by Gasteiger charge is -2.30. The van der Waals surface area contributed by atoms with E-state index in [1.165, 1.54) is 0 Å². The number of ketones is 1. The van der Waals surface area contributed by atoms with Gasteiger partial charge < -0.3 is 9.47 Å². The highest BCUT2D eigenvalue weighted by Crippen LogP contribution is 2.26. The van der Waals surface area contributed by atoms with Gasteiger partial charge in [0.05, 0.1) is 17.9 Å². The molecule has 1 aliphatic carbocycles. The van der Waals surface area contributed by atoms with E-state index in [-0.39, 0.29) is 11.7 Å². The first kappa shape index (κ1) is 16.1. The zero-order valence-corrected chi connectivity index (χ0v) is 13.6. The minimum Gasteiger partial charge on any atom is -0.343 e. The molecule has 0 N–H and O–H groups in total. The Kier molecular flexibility index (Phi) is 5.91. The first-order valence-electron chi connectivity index (χ1n) is 6.98. The number of hydrogen-bond donors (Lipinski definition) is 0. The number of carbonyl (C=O) groups is 1. The molecule has 0 aliphatic heterocycles. The zero-order valence-electron chi connectivity index (χ0n) is 12.0. The Hall–Kier alpha value is -1.23. The van der Waals surface area contributed by atoms with Gasteiger partial charge in [-0.3, -0.25) is 4.79 Å². The lowest BCUT2D eigenvalue weighted by molar-refractivity contribution is -0.176. The second-order valence-electron chi connectivity index (χ2n) is 4.77. The molecule has 0 radical (unpaired) electrons. The average Bonchev–Trinajstić information content (AvgIpc) is 2.54. The number of ether oxygens (including phenoxy) is 2. The van der Waals surface area contributed by atoms with E-state index in [9.17, 15) is 4.79 Å². The average molecular weight is 351 g/mol. The van der Waals surface area contributed by atoms with Crippen molar-refractivity contribution in [3.8, 4) is 0 Å². The summed E-state index contributed by atoms with van der Waals surface area (Å²) in [6, 6.07) is 9.94. The van der Waals surface area contributed by atoms with Gasteiger partial charge in [0.25, 0.3) is 0 Å². The number of halogens is 1. The number of rotatable bonds is 7. The zero-order chi connectivity index (χ0) is 15.1. The predicted octanol–water partition coefficient (Wildman–Crippen LogP) is 3.64. The third-order valence-corrected chi connectivity index (χ3v) is 3.81. The van der Waals surface area contributed by atoms with E-state index in [2.05, 4.69) is 15.9 Å². The fourth-order valence-corrected chi connectivity index (χ4v) is 2.50. The molecule has 0 saturated heterocycles. The molecular weight excluding hydrogens is 332 g/mol. The number of Topliss-reactive ketones (excluding diaryl/α,β-unsaturated/α-hetero) is 1. The van der Waals surface area contributed by atoms with Gasteiger partial charge in [-0.2, -0.15) is 0 Å². The van der Waals surface area contributed by atoms with Crippen molar-refractivity contribution in [1.29, 1.82) is 0 Å². The molecule has 0 spiro atoms. The largest absolute Gasteiger partial charge is 0.343 e. The quantitative estimate of drug-likeness (QED) is 0.427. The molecule has 0 saturated carbocycles. The molecule has 0 amide bonds. The van der Waals surface area contributed by atoms with Gasteiger partial charge in [0, 0.05) is 6.61 Å². The standard InChI is InChI=1S/C17H19BrO3/c1-2-20-17(21-13-14-6-4-3-5-7-14)10-8-15(9-11-17)16(19)12-18/h3-11,15H,2,12-13H2,1H3. The maximum absolute atomic E-state index is 11.7. The Morgan fingerprint density at radius 1 is 1.19 bits per heavy atom. The van der Waals surface area contributed by atoms with Crippen LogP contribution in [0.4, 0.5) is 0 Å². The van der Waals surface area contributed by atoms with Crippen molar-refractivity contribution in [2.45, 2.75) is 19.3 Å². The third-order valence-electron chi connectivity index (χ3n) is 3.25. The first-order chi connectivity index (χ1) is 10.2. The highest BCUT2D eigenvalue weighted by atomic mass is 79.9. The molecule has 1 aromatic rings. The van der Waals surface area contributed by atoms with Crippen LogP contribution < -0.4 is 0 Å². The van der Waals surface area contributed by atoms with E-state index in [1.807, 2.05) is 61.6 Å². The molecule has 0 fully saturated rings. The number of allylic oxidation sites excluding steroid dienone is 2. The topological polar surface area (TPSA) is 35.5 Å². The van der Waals surface area contributed by atoms with Gasteiger partial charge in [0.1, 0.15) is 0 Å². The predicted molar refractivity (Wildman–Crippen MR) is 86.2 cm³/mol. The highest BCUT2D eigenvalue weighted by molar-refractivity contribution is 9.09. The Labute approximate surface area is 133 Å². The van der Waals surface area contributed by atoms with Crippen LogP contribution in [0.5, 0.6) is 0 Å². The van der Waals surface area contributed by atoms with Crippen LogP contribution in [-0.2, 0) is 20.9 Å². The Morgan fingerprint density at radius 3 is 2.43 bits per heavy atom. The monoisotopic (exact) mass is 350 g/mol. The van der Waals surface area contributed by atoms with Crippen LogP contribution in [-0.4, -0.2) is 23.5 Å². The lowest BCUT2D eigenvalue weighted by Crippen LogP contribution is -2.34. The fraction of sp³-hybridized carbons (Fsp3) is 0.353. The van der Waals surface area contributed by atoms with Crippen LogP contribution in [0, 0.1) is 5.92 Å². The van der Waals surface area contributed by atoms with Gasteiger partial charge in [-0.1, -0.05) is 58.4 Å². The van der Waals surface area contributed by atoms with Crippen LogP contribution >= 0.6 is 15.9 Å². The van der Waals surface area contributed by atoms with E-state index >= 15 is 0 Å². The summed E-state index contributed by atoms with van der Waals surface area (Å²) in [5.74, 6) is -0.970. The van der Waals surface area contributed by atoms with Crippen molar-refractivity contribution in [3.05, 3.63) is 60.2 Å². The van der Waals surface area contributed by atoms with Crippen molar-refractivity contribution in [2.24, 2.45) is 5.92 Å². The smallest absolute Gasteiger partial charge is 0.208 e. The second-order valence-corrected chi connectivity index (χ2v) is 5.33. The SMILES string of the molecule is CCOC1(OCc2ccccc2)C=CC(C(=O)CBr)C=C1. The molecule has 0 bridgehead atoms. The first-order valence-corrected chi connectivity index (χ1v) is 8.10. The maximum atomic E-state index is 11.7. The molecule has 1 aromatic carbocycles. The normalized spacial score (nSPS) is 24.2. The molecule has 0 heterocycles. The molecule has 21 heavy (non-hydrogen) atoms. The number of alkyl halides is 1. The lowest BCUT2D eigenvalue weighted by atomic mass is 9.96. The molecule has 2 rings (SSSR count). The molecule has 0 unspecified atom stereocenters. The maximum Gasteiger partial charge on any atom is 0.208 e. The Bertz CT molecular complexity index is 508. The Morgan fingerprint density at radius 2 is 1.86 bits per heavy atom. The molecule has 4 heteroatoms. The van der Waals surface area contributed by atoms with Gasteiger partial charge in [-0.15, -0.1) is 0 Å². The molecule has 3 nitrogen and oxygen atoms in total. The van der Waals surface area contributed by atoms with Gasteiger partial charge in [-0.05, 0) is 24.6 Å². The van der Waals surface area contributed by atoms with Crippen LogP contribution in [0.1, 0.15) is 12.5 Å². The molecule has 0 atom stereocenters. The number of benzene rings is 1. The van der Waals surface area contributed by atoms with Gasteiger partial charge in [-0.25, -0.2) is 0 Å². The van der Waals surface area contributed by atoms with Gasteiger partial charge in [0.2, 0.25) is 5.79 Å². The molecule has 0 aromatic heterocycles. The summed E-state index contributed by atoms with van der Waals surface area (Å²) in [6.07, 6.45) is 7.32. The minimum atomic E-state index is -0.881. The highest BCUT2D eigenvalue weighted by Gasteiger charge is 2.30. The number of carbonyl (C=O) groups excluding carboxylic acids is 1. The van der Waals surface area contributed by atoms with Crippen molar-refractivity contribution >= 4 is 21.7 Å². The van der Waals surface area contributed by atoms with Crippen LogP contribution in [0.25, 0.3) is 0 Å². The van der Waals surface area contributed by atoms with E-state index in [0.29, 0.717) is 18.5 Å². The summed E-state index contributed by atoms with van der Waals surface area (Å²) >= 11 is 3.19. The summed E-state index contributed by atoms with van der Waals surface area (Å²) in [5, 5.41) is 0.346. The van der Waals surface area contributed by atoms with E-state index in [4.69, 9.17) is 9.47 Å². The minimum absolute atomic E-state index is 0.121. The number of hydrogen-bond acceptors (Lipinski definition) is 3. The van der Waals surface area contributed by atoms with Crippen LogP contribution in [0.15, 0.2) is 54.6 Å². The van der Waals surface area contributed by atoms with E-state index < -0.39 is 5.79 Å². The second kappa shape index (κ2) is 7.69. The van der Waals surface area contributed by atoms with Crippen molar-refractivity contribution < 1.29 is 14.3 Å². The fourth-order valence-electron chi connectivity index (χ4n) is 2.13. The molecule has 1 aliphatic rings. The third kappa shape index (κ3) is 4.37. The van der Waals surface area contributed by atoms with Crippen molar-refractivity contribution in [3.63, 3.8) is 0 Å². The molecule has 112 valence electrons. The Balaban J connectivity index is 2.05. The molecular formula is C17H19BrO3. The summed E-state index contributed by atoms with van der Waals surface area (Å²) in [5.41, 5.74) is 1.08. The van der Waals surface area contributed by atoms with E-state index in [1.54, 1.807) is 0 Å². The van der Waals surface area contributed by atoms with Crippen molar-refractivity contribution in [1.82, 2.24) is 0 Å². The van der Waals surface area contributed by atoms with Gasteiger partial charge in [0.15, 0.2) is 5.78 Å². The van der Waals surface area contributed by atoms with Crippen LogP contribution in [0.2, 0.25) is 0 Å². The summed E-state index contributed by atoms with van der Waals surface area (Å²) in [4.78, 5) is 11.7. The van der Waals surface area contributed by atoms with Gasteiger partial charge >= 0.3 is 0 Å². The summed E-state index contributed by atoms with van der Waals surface area (Å²) in [6.45, 7) is 2.90. The summed E-state index contributed by atoms with van der Waals surface area (Å²) in [7, 11) is 0. The summed E-state index contributed by atoms with van der Waals surface area (Å²) < 4.78 is 11.7. The van der Waals surface area contributed by atoms with E-state index in [0.717, 1.165) is 5.56 Å². The van der Waals surface area contributed by atoms with Crippen molar-refractivity contribution in [2.75, 3.05) is 11.9 Å². The van der Waals surface area contributed by atoms with Crippen LogP contribution in [0.3, 0.4) is 0 Å².